The molecule has 5 rings (SSSR count). The molecule has 2 N–H and O–H groups in total. The number of anilines is 2. The van der Waals surface area contributed by atoms with Crippen LogP contribution >= 0.6 is 11.3 Å². The molecule has 0 bridgehead atoms. The van der Waals surface area contributed by atoms with E-state index in [0.717, 1.165) is 52.2 Å². The first-order chi connectivity index (χ1) is 14.1. The summed E-state index contributed by atoms with van der Waals surface area (Å²) in [6.07, 6.45) is 2.43. The highest BCUT2D eigenvalue weighted by Gasteiger charge is 2.17. The summed E-state index contributed by atoms with van der Waals surface area (Å²) in [5, 5.41) is 8.30. The van der Waals surface area contributed by atoms with E-state index in [4.69, 9.17) is 4.74 Å². The number of aromatic nitrogens is 1. The van der Waals surface area contributed by atoms with Gasteiger partial charge in [0.2, 0.25) is 11.8 Å². The number of fused-ring (bicyclic) bond motifs is 2. The summed E-state index contributed by atoms with van der Waals surface area (Å²) in [7, 11) is 0. The van der Waals surface area contributed by atoms with Crippen molar-refractivity contribution in [3.05, 3.63) is 58.5 Å². The lowest BCUT2D eigenvalue weighted by Gasteiger charge is -2.17. The maximum atomic E-state index is 12.4. The average molecular weight is 405 g/mol. The maximum absolute atomic E-state index is 12.4. The van der Waals surface area contributed by atoms with Crippen LogP contribution in [0.3, 0.4) is 0 Å². The van der Waals surface area contributed by atoms with Gasteiger partial charge in [-0.15, -0.1) is 11.3 Å². The Bertz CT molecular complexity index is 1120. The number of nitrogens with one attached hydrogen (secondary N) is 2. The second-order valence-electron chi connectivity index (χ2n) is 7.22. The van der Waals surface area contributed by atoms with Gasteiger partial charge in [-0.1, -0.05) is 18.2 Å². The fourth-order valence-corrected chi connectivity index (χ4v) is 4.44. The lowest BCUT2D eigenvalue weighted by Crippen LogP contribution is -2.18. The van der Waals surface area contributed by atoms with Gasteiger partial charge in [0.25, 0.3) is 0 Å². The Morgan fingerprint density at radius 3 is 3.00 bits per heavy atom. The molecule has 6 nitrogen and oxygen atoms in total. The molecule has 0 saturated heterocycles. The summed E-state index contributed by atoms with van der Waals surface area (Å²) in [5.74, 6) is 0.890. The van der Waals surface area contributed by atoms with Crippen LogP contribution in [0.5, 0.6) is 5.75 Å². The number of hydrogen-bond donors (Lipinski definition) is 2. The maximum Gasteiger partial charge on any atom is 0.230 e. The average Bonchev–Trinajstić information content (AvgIpc) is 3.36. The third-order valence-electron chi connectivity index (χ3n) is 5.17. The number of carbonyl (C=O) groups excluding carboxylic acids is 2. The van der Waals surface area contributed by atoms with Crippen LogP contribution in [-0.2, 0) is 28.9 Å². The number of nitrogens with zero attached hydrogens (tertiary/aromatic N) is 1. The number of amides is 2. The van der Waals surface area contributed by atoms with Crippen molar-refractivity contribution in [3.8, 4) is 17.0 Å². The van der Waals surface area contributed by atoms with E-state index in [-0.39, 0.29) is 11.8 Å². The topological polar surface area (TPSA) is 80.3 Å². The minimum Gasteiger partial charge on any atom is -0.493 e. The number of hydrogen-bond acceptors (Lipinski definition) is 5. The number of carbonyl (C=O) groups is 2. The van der Waals surface area contributed by atoms with Gasteiger partial charge in [-0.2, -0.15) is 0 Å². The normalized spacial score (nSPS) is 14.6. The molecule has 146 valence electrons. The standard InChI is InChI=1S/C22H19N3O3S/c26-20-6-3-14-11-15(2-4-17(14)23-20)18-12-29-22(24-18)25-21(27)10-13-1-5-19-16(9-13)7-8-28-19/h1-2,4-5,9,11-12H,3,6-8,10H2,(H,23,26)(H,24,25,27). The fraction of sp³-hybridized carbons (Fsp3) is 0.227. The fourth-order valence-electron chi connectivity index (χ4n) is 3.71. The van der Waals surface area contributed by atoms with Crippen LogP contribution in [-0.4, -0.2) is 23.4 Å². The summed E-state index contributed by atoms with van der Waals surface area (Å²) < 4.78 is 5.51. The molecule has 3 heterocycles. The third kappa shape index (κ3) is 3.73. The van der Waals surface area contributed by atoms with Crippen molar-refractivity contribution in [2.45, 2.75) is 25.7 Å². The van der Waals surface area contributed by atoms with Crippen LogP contribution in [0.2, 0.25) is 0 Å². The van der Waals surface area contributed by atoms with Crippen LogP contribution in [0, 0.1) is 0 Å². The van der Waals surface area contributed by atoms with Crippen LogP contribution in [0.4, 0.5) is 10.8 Å². The van der Waals surface area contributed by atoms with E-state index < -0.39 is 0 Å². The van der Waals surface area contributed by atoms with Crippen molar-refractivity contribution in [1.29, 1.82) is 0 Å². The molecule has 2 aromatic carbocycles. The Balaban J connectivity index is 1.27. The molecule has 7 heteroatoms. The zero-order valence-electron chi connectivity index (χ0n) is 15.7. The molecule has 29 heavy (non-hydrogen) atoms. The quantitative estimate of drug-likeness (QED) is 0.692. The minimum atomic E-state index is -0.0853. The summed E-state index contributed by atoms with van der Waals surface area (Å²) >= 11 is 1.41. The van der Waals surface area contributed by atoms with Gasteiger partial charge in [-0.05, 0) is 41.3 Å². The van der Waals surface area contributed by atoms with Gasteiger partial charge >= 0.3 is 0 Å². The van der Waals surface area contributed by atoms with E-state index in [1.54, 1.807) is 0 Å². The summed E-state index contributed by atoms with van der Waals surface area (Å²) in [5.41, 5.74) is 5.92. The Morgan fingerprint density at radius 1 is 1.14 bits per heavy atom. The Morgan fingerprint density at radius 2 is 2.07 bits per heavy atom. The Hall–Kier alpha value is -3.19. The molecule has 1 aromatic heterocycles. The molecule has 2 amide bonds. The molecule has 0 aliphatic carbocycles. The smallest absolute Gasteiger partial charge is 0.230 e. The first-order valence-electron chi connectivity index (χ1n) is 9.57. The van der Waals surface area contributed by atoms with Crippen molar-refractivity contribution in [2.75, 3.05) is 17.2 Å². The van der Waals surface area contributed by atoms with Crippen molar-refractivity contribution in [1.82, 2.24) is 4.98 Å². The summed E-state index contributed by atoms with van der Waals surface area (Å²) in [4.78, 5) is 28.5. The minimum absolute atomic E-state index is 0.0554. The van der Waals surface area contributed by atoms with E-state index in [1.165, 1.54) is 11.3 Å². The van der Waals surface area contributed by atoms with E-state index in [0.29, 0.717) is 24.6 Å². The van der Waals surface area contributed by atoms with Gasteiger partial charge in [0.15, 0.2) is 5.13 Å². The second kappa shape index (κ2) is 7.33. The Kier molecular flexibility index (Phi) is 4.52. The first kappa shape index (κ1) is 17.9. The van der Waals surface area contributed by atoms with Crippen molar-refractivity contribution >= 4 is 34.0 Å². The number of benzene rings is 2. The molecule has 2 aliphatic rings. The van der Waals surface area contributed by atoms with Gasteiger partial charge in [0.1, 0.15) is 5.75 Å². The molecule has 2 aliphatic heterocycles. The van der Waals surface area contributed by atoms with Crippen LogP contribution in [0.1, 0.15) is 23.1 Å². The highest BCUT2D eigenvalue weighted by molar-refractivity contribution is 7.14. The van der Waals surface area contributed by atoms with Crippen molar-refractivity contribution < 1.29 is 14.3 Å². The molecule has 0 saturated carbocycles. The van der Waals surface area contributed by atoms with Crippen molar-refractivity contribution in [3.63, 3.8) is 0 Å². The molecule has 3 aromatic rings. The summed E-state index contributed by atoms with van der Waals surface area (Å²) in [6, 6.07) is 11.8. The lowest BCUT2D eigenvalue weighted by molar-refractivity contribution is -0.116. The molecular formula is C22H19N3O3S. The number of aryl methyl sites for hydroxylation is 1. The van der Waals surface area contributed by atoms with Gasteiger partial charge < -0.3 is 15.4 Å². The number of thiazole rings is 1. The molecule has 0 unspecified atom stereocenters. The molecular weight excluding hydrogens is 386 g/mol. The lowest BCUT2D eigenvalue weighted by atomic mass is 9.99. The number of rotatable bonds is 4. The number of ether oxygens (including phenoxy) is 1. The predicted octanol–water partition coefficient (Wildman–Crippen LogP) is 3.81. The van der Waals surface area contributed by atoms with E-state index >= 15 is 0 Å². The SMILES string of the molecule is O=C(Cc1ccc2c(c1)CCO2)Nc1nc(-c2ccc3c(c2)CCC(=O)N3)cs1. The highest BCUT2D eigenvalue weighted by atomic mass is 32.1. The van der Waals surface area contributed by atoms with Crippen LogP contribution in [0.15, 0.2) is 41.8 Å². The van der Waals surface area contributed by atoms with Crippen LogP contribution < -0.4 is 15.4 Å². The van der Waals surface area contributed by atoms with Gasteiger partial charge in [0, 0.05) is 29.5 Å². The Labute approximate surface area is 171 Å². The van der Waals surface area contributed by atoms with Gasteiger partial charge in [-0.3, -0.25) is 9.59 Å². The van der Waals surface area contributed by atoms with E-state index in [9.17, 15) is 9.59 Å². The first-order valence-corrected chi connectivity index (χ1v) is 10.5. The van der Waals surface area contributed by atoms with Gasteiger partial charge in [0.05, 0.1) is 18.7 Å². The highest BCUT2D eigenvalue weighted by Crippen LogP contribution is 2.31. The monoisotopic (exact) mass is 405 g/mol. The predicted molar refractivity (Wildman–Crippen MR) is 112 cm³/mol. The largest absolute Gasteiger partial charge is 0.493 e. The van der Waals surface area contributed by atoms with Gasteiger partial charge in [-0.25, -0.2) is 4.98 Å². The molecule has 0 radical (unpaired) electrons. The molecule has 0 fully saturated rings. The summed E-state index contributed by atoms with van der Waals surface area (Å²) in [6.45, 7) is 0.710. The zero-order valence-corrected chi connectivity index (χ0v) is 16.5. The molecule has 0 spiro atoms. The van der Waals surface area contributed by atoms with E-state index in [2.05, 4.69) is 21.7 Å². The molecule has 0 atom stereocenters. The second-order valence-corrected chi connectivity index (χ2v) is 8.08. The third-order valence-corrected chi connectivity index (χ3v) is 5.92. The zero-order chi connectivity index (χ0) is 19.8. The van der Waals surface area contributed by atoms with E-state index in [1.807, 2.05) is 35.7 Å². The van der Waals surface area contributed by atoms with Crippen LogP contribution in [0.25, 0.3) is 11.3 Å². The van der Waals surface area contributed by atoms with Crippen molar-refractivity contribution in [2.24, 2.45) is 0 Å².